The summed E-state index contributed by atoms with van der Waals surface area (Å²) in [4.78, 5) is 5.61. The Bertz CT molecular complexity index is 2490. The minimum absolute atomic E-state index is 0.0423. The van der Waals surface area contributed by atoms with Gasteiger partial charge in [0, 0.05) is 26.3 Å². The molecular formula is C48H45NOS. The molecule has 0 N–H and O–H groups in total. The molecule has 6 atom stereocenters. The Morgan fingerprint density at radius 2 is 1.37 bits per heavy atom. The molecule has 254 valence electrons. The molecule has 6 aromatic rings. The number of fused-ring (bicyclic) bond motifs is 11. The van der Waals surface area contributed by atoms with Crippen molar-refractivity contribution in [1.29, 1.82) is 0 Å². The van der Waals surface area contributed by atoms with Crippen LogP contribution < -0.4 is 4.90 Å². The molecule has 51 heavy (non-hydrogen) atoms. The number of benzene rings is 5. The summed E-state index contributed by atoms with van der Waals surface area (Å²) in [6.07, 6.45) is 8.17. The van der Waals surface area contributed by atoms with Gasteiger partial charge in [0.25, 0.3) is 0 Å². The molecule has 4 fully saturated rings. The molecule has 3 heteroatoms. The third-order valence-electron chi connectivity index (χ3n) is 15.4. The second-order valence-corrected chi connectivity index (χ2v) is 19.5. The molecule has 6 aliphatic rings. The molecule has 1 aromatic heterocycles. The van der Waals surface area contributed by atoms with Crippen LogP contribution in [0.3, 0.4) is 0 Å². The first-order chi connectivity index (χ1) is 24.7. The molecule has 0 radical (unpaired) electrons. The van der Waals surface area contributed by atoms with Crippen LogP contribution >= 0.6 is 11.8 Å². The van der Waals surface area contributed by atoms with Crippen molar-refractivity contribution in [3.8, 4) is 0 Å². The fraction of sp³-hybridized carbons (Fsp3) is 0.375. The molecule has 4 saturated carbocycles. The zero-order chi connectivity index (χ0) is 34.1. The van der Waals surface area contributed by atoms with Gasteiger partial charge in [-0.1, -0.05) is 94.1 Å². The first-order valence-corrected chi connectivity index (χ1v) is 20.3. The van der Waals surface area contributed by atoms with Crippen molar-refractivity contribution in [2.45, 2.75) is 92.3 Å². The van der Waals surface area contributed by atoms with Gasteiger partial charge in [0.15, 0.2) is 0 Å². The number of anilines is 3. The summed E-state index contributed by atoms with van der Waals surface area (Å²) in [5.41, 5.74) is 12.8. The first-order valence-electron chi connectivity index (χ1n) is 19.5. The molecule has 5 aromatic carbocycles. The highest BCUT2D eigenvalue weighted by molar-refractivity contribution is 7.99. The Kier molecular flexibility index (Phi) is 5.53. The van der Waals surface area contributed by atoms with E-state index in [-0.39, 0.29) is 16.2 Å². The zero-order valence-corrected chi connectivity index (χ0v) is 30.9. The summed E-state index contributed by atoms with van der Waals surface area (Å²) < 4.78 is 6.56. The molecule has 2 spiro atoms. The van der Waals surface area contributed by atoms with Crippen LogP contribution in [0, 0.1) is 29.1 Å². The summed E-state index contributed by atoms with van der Waals surface area (Å²) in [7, 11) is 0. The summed E-state index contributed by atoms with van der Waals surface area (Å²) in [6.45, 7) is 9.85. The maximum atomic E-state index is 6.56. The van der Waals surface area contributed by atoms with Gasteiger partial charge in [0.05, 0.1) is 16.8 Å². The highest BCUT2D eigenvalue weighted by Crippen LogP contribution is 2.89. The van der Waals surface area contributed by atoms with E-state index in [1.165, 1.54) is 87.3 Å². The number of furan rings is 1. The Balaban J connectivity index is 1.15. The van der Waals surface area contributed by atoms with Gasteiger partial charge >= 0.3 is 0 Å². The Hall–Kier alpha value is -3.95. The third kappa shape index (κ3) is 3.45. The maximum absolute atomic E-state index is 6.56. The largest absolute Gasteiger partial charge is 0.456 e. The topological polar surface area (TPSA) is 16.4 Å². The maximum Gasteiger partial charge on any atom is 0.137 e. The minimum atomic E-state index is 0.0423. The Morgan fingerprint density at radius 3 is 2.27 bits per heavy atom. The molecule has 5 aliphatic carbocycles. The number of nitrogens with zero attached hydrogens (tertiary/aromatic N) is 1. The van der Waals surface area contributed by atoms with Gasteiger partial charge in [-0.25, -0.2) is 0 Å². The lowest BCUT2D eigenvalue weighted by atomic mass is 9.26. The van der Waals surface area contributed by atoms with Gasteiger partial charge in [-0.3, -0.25) is 0 Å². The van der Waals surface area contributed by atoms with Crippen molar-refractivity contribution in [3.05, 3.63) is 125 Å². The van der Waals surface area contributed by atoms with Gasteiger partial charge in [-0.15, -0.1) is 0 Å². The van der Waals surface area contributed by atoms with Crippen LogP contribution in [-0.2, 0) is 16.2 Å². The van der Waals surface area contributed by atoms with Gasteiger partial charge < -0.3 is 9.32 Å². The number of para-hydroxylation sites is 1. The van der Waals surface area contributed by atoms with Crippen molar-refractivity contribution >= 4 is 50.8 Å². The average Bonchev–Trinajstić information content (AvgIpc) is 3.80. The minimum Gasteiger partial charge on any atom is -0.456 e. The fourth-order valence-corrected chi connectivity index (χ4v) is 14.6. The molecule has 0 saturated heterocycles. The van der Waals surface area contributed by atoms with Gasteiger partial charge in [0.1, 0.15) is 11.2 Å². The second kappa shape index (κ2) is 9.53. The molecule has 12 rings (SSSR count). The van der Waals surface area contributed by atoms with Crippen LogP contribution in [0.2, 0.25) is 0 Å². The second-order valence-electron chi connectivity index (χ2n) is 18.4. The van der Waals surface area contributed by atoms with Crippen LogP contribution in [-0.4, -0.2) is 0 Å². The molecule has 1 aliphatic heterocycles. The highest BCUT2D eigenvalue weighted by atomic mass is 32.2. The van der Waals surface area contributed by atoms with E-state index >= 15 is 0 Å². The lowest BCUT2D eigenvalue weighted by molar-refractivity contribution is -0.235. The number of hydrogen-bond donors (Lipinski definition) is 0. The fourth-order valence-electron chi connectivity index (χ4n) is 13.4. The molecule has 0 amide bonds. The molecule has 2 bridgehead atoms. The van der Waals surface area contributed by atoms with Crippen LogP contribution in [0.5, 0.6) is 0 Å². The van der Waals surface area contributed by atoms with Gasteiger partial charge in [0.2, 0.25) is 0 Å². The summed E-state index contributed by atoms with van der Waals surface area (Å²) in [6, 6.07) is 39.5. The summed E-state index contributed by atoms with van der Waals surface area (Å²) in [5.74, 6) is 3.43. The van der Waals surface area contributed by atoms with E-state index in [1.54, 1.807) is 11.1 Å². The van der Waals surface area contributed by atoms with Crippen molar-refractivity contribution in [2.75, 3.05) is 4.90 Å². The monoisotopic (exact) mass is 683 g/mol. The van der Waals surface area contributed by atoms with Crippen LogP contribution in [0.25, 0.3) is 21.9 Å². The standard InChI is InChI=1S/C48H45NOS/c1-45(2)21-22-46(3,4)44-33(45)13-9-15-36(44)49(35-14-10-17-38-43(35)31-11-5-7-16-37(31)50-38)30-19-20-40-34(26-30)48(32-12-6-8-18-39(32)51-40)41-24-28-23-29-25-42(48)47(29,41)27-28/h5-20,26,28-29,41-42H,21-25,27H2,1-4H3. The molecule has 2 heterocycles. The lowest BCUT2D eigenvalue weighted by Crippen LogP contribution is -2.74. The van der Waals surface area contributed by atoms with Crippen LogP contribution in [0.1, 0.15) is 88.5 Å². The molecule has 6 unspecified atom stereocenters. The van der Waals surface area contributed by atoms with Gasteiger partial charge in [-0.2, -0.15) is 0 Å². The number of rotatable bonds is 3. The summed E-state index contributed by atoms with van der Waals surface area (Å²) >= 11 is 2.01. The van der Waals surface area contributed by atoms with E-state index in [2.05, 4.69) is 136 Å². The van der Waals surface area contributed by atoms with E-state index in [4.69, 9.17) is 4.42 Å². The predicted octanol–water partition coefficient (Wildman–Crippen LogP) is 13.2. The Labute approximate surface area is 305 Å². The van der Waals surface area contributed by atoms with Crippen molar-refractivity contribution in [1.82, 2.24) is 0 Å². The van der Waals surface area contributed by atoms with Crippen molar-refractivity contribution in [3.63, 3.8) is 0 Å². The van der Waals surface area contributed by atoms with Crippen LogP contribution in [0.15, 0.2) is 117 Å². The van der Waals surface area contributed by atoms with E-state index in [1.807, 2.05) is 11.8 Å². The van der Waals surface area contributed by atoms with Crippen LogP contribution in [0.4, 0.5) is 17.1 Å². The average molecular weight is 684 g/mol. The van der Waals surface area contributed by atoms with Crippen molar-refractivity contribution in [2.24, 2.45) is 29.1 Å². The van der Waals surface area contributed by atoms with E-state index in [0.29, 0.717) is 5.41 Å². The van der Waals surface area contributed by atoms with Gasteiger partial charge in [-0.05, 0) is 149 Å². The summed E-state index contributed by atoms with van der Waals surface area (Å²) in [5, 5.41) is 2.38. The van der Waals surface area contributed by atoms with E-state index in [9.17, 15) is 0 Å². The number of hydrogen-bond acceptors (Lipinski definition) is 3. The molecule has 2 nitrogen and oxygen atoms in total. The van der Waals surface area contributed by atoms with E-state index < -0.39 is 0 Å². The smallest absolute Gasteiger partial charge is 0.137 e. The molecular weight excluding hydrogens is 639 g/mol. The lowest BCUT2D eigenvalue weighted by Gasteiger charge is -2.78. The quantitative estimate of drug-likeness (QED) is 0.185. The zero-order valence-electron chi connectivity index (χ0n) is 30.1. The van der Waals surface area contributed by atoms with Crippen molar-refractivity contribution < 1.29 is 4.42 Å². The third-order valence-corrected chi connectivity index (χ3v) is 16.6. The Morgan fingerprint density at radius 1 is 0.647 bits per heavy atom. The SMILES string of the molecule is CC1(C)CCC(C)(C)c2c(N(c3ccc4c(c3)C3(c5ccccc5S4)C4CC5CC6CC3C64C5)c3cccc4oc5ccccc5c34)cccc21. The first kappa shape index (κ1) is 29.6. The predicted molar refractivity (Wildman–Crippen MR) is 210 cm³/mol. The van der Waals surface area contributed by atoms with E-state index in [0.717, 1.165) is 34.8 Å². The highest BCUT2D eigenvalue weighted by Gasteiger charge is 2.84. The normalized spacial score (nSPS) is 31.1.